The number of carbonyl (C=O) groups excluding carboxylic acids is 3. The molecule has 192 valence electrons. The molecule has 0 saturated carbocycles. The molecular formula is C23H20F3IN2O6S. The zero-order valence-electron chi connectivity index (χ0n) is 19.2. The summed E-state index contributed by atoms with van der Waals surface area (Å²) < 4.78 is 55.8. The Bertz CT molecular complexity index is 1240. The monoisotopic (exact) mass is 636 g/mol. The number of nitrogens with one attached hydrogen (secondary N) is 1. The van der Waals surface area contributed by atoms with Gasteiger partial charge in [0.1, 0.15) is 12.3 Å². The lowest BCUT2D eigenvalue weighted by Crippen LogP contribution is -2.36. The molecule has 0 aromatic heterocycles. The predicted molar refractivity (Wildman–Crippen MR) is 136 cm³/mol. The minimum atomic E-state index is -4.63. The van der Waals surface area contributed by atoms with Crippen molar-refractivity contribution in [3.05, 3.63) is 49.9 Å². The Labute approximate surface area is 222 Å². The SMILES string of the molecule is CCOc1cc(/C=C2\SC(=O)N(CC(=O)Nc3cc(C(F)(F)F)ccc3OC)C2=O)cc(I)c1OC. The highest BCUT2D eigenvalue weighted by Crippen LogP contribution is 2.38. The van der Waals surface area contributed by atoms with Gasteiger partial charge >= 0.3 is 6.18 Å². The molecule has 1 aliphatic heterocycles. The summed E-state index contributed by atoms with van der Waals surface area (Å²) in [7, 11) is 2.74. The number of imide groups is 1. The summed E-state index contributed by atoms with van der Waals surface area (Å²) in [6.45, 7) is 1.51. The van der Waals surface area contributed by atoms with Crippen LogP contribution in [0.25, 0.3) is 6.08 Å². The maximum atomic E-state index is 13.1. The van der Waals surface area contributed by atoms with E-state index in [1.165, 1.54) is 20.3 Å². The van der Waals surface area contributed by atoms with Crippen molar-refractivity contribution in [3.63, 3.8) is 0 Å². The van der Waals surface area contributed by atoms with Crippen LogP contribution in [0, 0.1) is 3.57 Å². The summed E-state index contributed by atoms with van der Waals surface area (Å²) in [5.41, 5.74) is -0.656. The van der Waals surface area contributed by atoms with Gasteiger partial charge in [-0.05, 0) is 83.2 Å². The van der Waals surface area contributed by atoms with E-state index in [0.29, 0.717) is 46.4 Å². The largest absolute Gasteiger partial charge is 0.495 e. The number of methoxy groups -OCH3 is 2. The molecule has 3 rings (SSSR count). The molecule has 0 radical (unpaired) electrons. The van der Waals surface area contributed by atoms with Crippen LogP contribution in [0.3, 0.4) is 0 Å². The lowest BCUT2D eigenvalue weighted by atomic mass is 10.1. The van der Waals surface area contributed by atoms with E-state index in [1.54, 1.807) is 12.1 Å². The molecular weight excluding hydrogens is 616 g/mol. The first-order valence-electron chi connectivity index (χ1n) is 10.3. The first-order valence-corrected chi connectivity index (χ1v) is 12.2. The molecule has 13 heteroatoms. The molecule has 1 fully saturated rings. The molecule has 0 aliphatic carbocycles. The van der Waals surface area contributed by atoms with Gasteiger partial charge in [0, 0.05) is 0 Å². The molecule has 2 aromatic carbocycles. The second-order valence-corrected chi connectivity index (χ2v) is 9.35. The number of hydrogen-bond acceptors (Lipinski definition) is 7. The van der Waals surface area contributed by atoms with Crippen molar-refractivity contribution in [3.8, 4) is 17.2 Å². The smallest absolute Gasteiger partial charge is 0.416 e. The van der Waals surface area contributed by atoms with Crippen LogP contribution in [0.15, 0.2) is 35.2 Å². The molecule has 8 nitrogen and oxygen atoms in total. The molecule has 36 heavy (non-hydrogen) atoms. The van der Waals surface area contributed by atoms with E-state index in [4.69, 9.17) is 14.2 Å². The Kier molecular flexibility index (Phi) is 8.76. The Balaban J connectivity index is 1.79. The topological polar surface area (TPSA) is 94.2 Å². The van der Waals surface area contributed by atoms with E-state index in [2.05, 4.69) is 27.9 Å². The van der Waals surface area contributed by atoms with Gasteiger partial charge in [-0.2, -0.15) is 13.2 Å². The third kappa shape index (κ3) is 6.24. The van der Waals surface area contributed by atoms with Gasteiger partial charge in [0.15, 0.2) is 11.5 Å². The summed E-state index contributed by atoms with van der Waals surface area (Å²) in [6, 6.07) is 5.99. The van der Waals surface area contributed by atoms with Gasteiger partial charge in [0.2, 0.25) is 5.91 Å². The van der Waals surface area contributed by atoms with E-state index in [1.807, 2.05) is 6.92 Å². The molecule has 0 atom stereocenters. The molecule has 0 spiro atoms. The number of thioether (sulfide) groups is 1. The van der Waals surface area contributed by atoms with Gasteiger partial charge in [-0.3, -0.25) is 19.3 Å². The normalized spacial score (nSPS) is 14.9. The van der Waals surface area contributed by atoms with Crippen molar-refractivity contribution in [2.45, 2.75) is 13.1 Å². The van der Waals surface area contributed by atoms with E-state index in [9.17, 15) is 27.6 Å². The van der Waals surface area contributed by atoms with Crippen LogP contribution in [-0.4, -0.2) is 49.3 Å². The summed E-state index contributed by atoms with van der Waals surface area (Å²) >= 11 is 2.70. The molecule has 3 amide bonds. The molecule has 2 aromatic rings. The standard InChI is InChI=1S/C23H20F3IN2O6S/c1-4-35-17-8-12(7-14(27)20(17)34-3)9-18-21(31)29(22(32)36-18)11-19(30)28-15-10-13(23(24,25)26)5-6-16(15)33-2/h5-10H,4,11H2,1-3H3,(H,28,30)/b18-9-. The number of benzene rings is 2. The van der Waals surface area contributed by atoms with Crippen LogP contribution in [-0.2, 0) is 15.8 Å². The minimum Gasteiger partial charge on any atom is -0.495 e. The van der Waals surface area contributed by atoms with E-state index in [0.717, 1.165) is 15.7 Å². The Hall–Kier alpha value is -2.94. The van der Waals surface area contributed by atoms with E-state index in [-0.39, 0.29) is 16.3 Å². The van der Waals surface area contributed by atoms with Crippen LogP contribution in [0.5, 0.6) is 17.2 Å². The number of carbonyl (C=O) groups is 3. The lowest BCUT2D eigenvalue weighted by molar-refractivity contribution is -0.137. The molecule has 0 bridgehead atoms. The summed E-state index contributed by atoms with van der Waals surface area (Å²) in [5.74, 6) is -0.588. The highest BCUT2D eigenvalue weighted by atomic mass is 127. The summed E-state index contributed by atoms with van der Waals surface area (Å²) in [6.07, 6.45) is -3.15. The van der Waals surface area contributed by atoms with Gasteiger partial charge < -0.3 is 19.5 Å². The number of anilines is 1. The van der Waals surface area contributed by atoms with Gasteiger partial charge in [-0.15, -0.1) is 0 Å². The average Bonchev–Trinajstić information content (AvgIpc) is 3.05. The van der Waals surface area contributed by atoms with Gasteiger partial charge in [-0.25, -0.2) is 0 Å². The molecule has 1 heterocycles. The quantitative estimate of drug-likeness (QED) is 0.307. The number of rotatable bonds is 8. The van der Waals surface area contributed by atoms with Crippen LogP contribution in [0.4, 0.5) is 23.7 Å². The van der Waals surface area contributed by atoms with Crippen molar-refractivity contribution < 1.29 is 41.8 Å². The number of ether oxygens (including phenoxy) is 3. The first kappa shape index (κ1) is 27.6. The Morgan fingerprint density at radius 3 is 2.47 bits per heavy atom. The highest BCUT2D eigenvalue weighted by Gasteiger charge is 2.37. The number of nitrogens with zero attached hydrogens (tertiary/aromatic N) is 1. The van der Waals surface area contributed by atoms with Crippen LogP contribution >= 0.6 is 34.4 Å². The van der Waals surface area contributed by atoms with Crippen molar-refractivity contribution in [2.75, 3.05) is 32.7 Å². The van der Waals surface area contributed by atoms with Crippen molar-refractivity contribution in [2.24, 2.45) is 0 Å². The van der Waals surface area contributed by atoms with Gasteiger partial charge in [0.05, 0.1) is 40.6 Å². The van der Waals surface area contributed by atoms with Gasteiger partial charge in [0.25, 0.3) is 11.1 Å². The number of hydrogen-bond donors (Lipinski definition) is 1. The summed E-state index contributed by atoms with van der Waals surface area (Å²) in [4.78, 5) is 38.6. The number of alkyl halides is 3. The van der Waals surface area contributed by atoms with E-state index >= 15 is 0 Å². The fraction of sp³-hybridized carbons (Fsp3) is 0.261. The van der Waals surface area contributed by atoms with Crippen LogP contribution in [0.1, 0.15) is 18.1 Å². The van der Waals surface area contributed by atoms with Crippen LogP contribution in [0.2, 0.25) is 0 Å². The maximum absolute atomic E-state index is 13.1. The zero-order chi connectivity index (χ0) is 26.6. The number of halogens is 4. The minimum absolute atomic E-state index is 0.00963. The summed E-state index contributed by atoms with van der Waals surface area (Å²) in [5, 5.41) is 1.59. The third-order valence-electron chi connectivity index (χ3n) is 4.81. The van der Waals surface area contributed by atoms with Crippen molar-refractivity contribution in [1.29, 1.82) is 0 Å². The predicted octanol–water partition coefficient (Wildman–Crippen LogP) is 5.40. The van der Waals surface area contributed by atoms with Gasteiger partial charge in [-0.1, -0.05) is 0 Å². The molecule has 0 unspecified atom stereocenters. The fourth-order valence-electron chi connectivity index (χ4n) is 3.24. The second-order valence-electron chi connectivity index (χ2n) is 7.20. The molecule has 1 aliphatic rings. The first-order chi connectivity index (χ1) is 17.0. The zero-order valence-corrected chi connectivity index (χ0v) is 22.2. The highest BCUT2D eigenvalue weighted by molar-refractivity contribution is 14.1. The Morgan fingerprint density at radius 1 is 1.14 bits per heavy atom. The van der Waals surface area contributed by atoms with Crippen molar-refractivity contribution >= 4 is 63.2 Å². The van der Waals surface area contributed by atoms with Crippen LogP contribution < -0.4 is 19.5 Å². The number of amides is 3. The van der Waals surface area contributed by atoms with Crippen molar-refractivity contribution in [1.82, 2.24) is 4.90 Å². The molecule has 1 N–H and O–H groups in total. The van der Waals surface area contributed by atoms with E-state index < -0.39 is 35.3 Å². The average molecular weight is 636 g/mol. The second kappa shape index (κ2) is 11.4. The Morgan fingerprint density at radius 2 is 1.86 bits per heavy atom. The fourth-order valence-corrected chi connectivity index (χ4v) is 4.92. The lowest BCUT2D eigenvalue weighted by Gasteiger charge is -2.16. The maximum Gasteiger partial charge on any atom is 0.416 e. The third-order valence-corrected chi connectivity index (χ3v) is 6.52. The molecule has 1 saturated heterocycles.